The highest BCUT2D eigenvalue weighted by atomic mass is 35.5. The molecule has 92 valence electrons. The van der Waals surface area contributed by atoms with Gasteiger partial charge in [0.25, 0.3) is 0 Å². The molecule has 1 aliphatic heterocycles. The Hall–Kier alpha value is -0.570. The zero-order valence-electron chi connectivity index (χ0n) is 10.0. The maximum absolute atomic E-state index is 6.01. The largest absolute Gasteiger partial charge is 0.310 e. The first kappa shape index (κ1) is 11.5. The number of rotatable bonds is 4. The Morgan fingerprint density at radius 1 is 1.24 bits per heavy atom. The molecule has 1 heterocycles. The predicted molar refractivity (Wildman–Crippen MR) is 71.3 cm³/mol. The molecule has 0 amide bonds. The third kappa shape index (κ3) is 3.21. The molecular weight excluding hydrogens is 232 g/mol. The third-order valence-electron chi connectivity index (χ3n) is 3.62. The number of halogens is 1. The molecule has 2 nitrogen and oxygen atoms in total. The summed E-state index contributed by atoms with van der Waals surface area (Å²) in [7, 11) is 0. The second kappa shape index (κ2) is 4.97. The minimum Gasteiger partial charge on any atom is -0.310 e. The minimum atomic E-state index is 0.710. The number of nitrogens with one attached hydrogen (secondary N) is 1. The van der Waals surface area contributed by atoms with Crippen molar-refractivity contribution in [1.82, 2.24) is 10.2 Å². The molecule has 1 saturated heterocycles. The van der Waals surface area contributed by atoms with Crippen LogP contribution >= 0.6 is 11.6 Å². The first-order valence-corrected chi connectivity index (χ1v) is 6.90. The third-order valence-corrected chi connectivity index (χ3v) is 3.85. The lowest BCUT2D eigenvalue weighted by atomic mass is 10.2. The number of nitrogens with zero attached hydrogens (tertiary/aromatic N) is 1. The summed E-state index contributed by atoms with van der Waals surface area (Å²) in [6.07, 6.45) is 4.05. The fraction of sp³-hybridized carbons (Fsp3) is 0.571. The lowest BCUT2D eigenvalue weighted by molar-refractivity contribution is 0.320. The van der Waals surface area contributed by atoms with E-state index < -0.39 is 0 Å². The Bertz CT molecular complexity index is 390. The average molecular weight is 251 g/mol. The van der Waals surface area contributed by atoms with Gasteiger partial charge in [-0.2, -0.15) is 0 Å². The molecule has 1 unspecified atom stereocenters. The molecule has 1 aliphatic carbocycles. The van der Waals surface area contributed by atoms with E-state index in [-0.39, 0.29) is 0 Å². The normalized spacial score (nSPS) is 25.4. The van der Waals surface area contributed by atoms with Crippen LogP contribution in [-0.2, 0) is 6.54 Å². The summed E-state index contributed by atoms with van der Waals surface area (Å²) in [6.45, 7) is 3.42. The standard InChI is InChI=1S/C14H19ClN2/c15-12-3-1-2-11(8-12)9-17-7-6-14(10-17)16-13-4-5-13/h1-3,8,13-14,16H,4-7,9-10H2. The van der Waals surface area contributed by atoms with E-state index in [1.165, 1.54) is 37.9 Å². The number of benzene rings is 1. The summed E-state index contributed by atoms with van der Waals surface area (Å²) in [5.41, 5.74) is 1.32. The lowest BCUT2D eigenvalue weighted by Gasteiger charge is -2.16. The number of hydrogen-bond donors (Lipinski definition) is 1. The minimum absolute atomic E-state index is 0.710. The van der Waals surface area contributed by atoms with Crippen molar-refractivity contribution in [1.29, 1.82) is 0 Å². The van der Waals surface area contributed by atoms with Crippen molar-refractivity contribution in [3.05, 3.63) is 34.9 Å². The first-order chi connectivity index (χ1) is 8.29. The van der Waals surface area contributed by atoms with E-state index in [0.717, 1.165) is 17.6 Å². The van der Waals surface area contributed by atoms with Crippen molar-refractivity contribution in [2.75, 3.05) is 13.1 Å². The molecule has 0 bridgehead atoms. The molecular formula is C14H19ClN2. The van der Waals surface area contributed by atoms with E-state index in [2.05, 4.69) is 22.3 Å². The van der Waals surface area contributed by atoms with Crippen LogP contribution in [0, 0.1) is 0 Å². The van der Waals surface area contributed by atoms with Crippen molar-refractivity contribution in [2.24, 2.45) is 0 Å². The van der Waals surface area contributed by atoms with Crippen LogP contribution in [0.1, 0.15) is 24.8 Å². The van der Waals surface area contributed by atoms with Crippen LogP contribution in [-0.4, -0.2) is 30.1 Å². The molecule has 2 fully saturated rings. The van der Waals surface area contributed by atoms with Crippen LogP contribution in [0.2, 0.25) is 5.02 Å². The Kier molecular flexibility index (Phi) is 3.37. The van der Waals surface area contributed by atoms with E-state index in [0.29, 0.717) is 6.04 Å². The van der Waals surface area contributed by atoms with Gasteiger partial charge in [-0.05, 0) is 37.0 Å². The molecule has 3 heteroatoms. The zero-order chi connectivity index (χ0) is 11.7. The molecule has 0 aromatic heterocycles. The SMILES string of the molecule is Clc1cccc(CN2CCC(NC3CC3)C2)c1. The number of likely N-dealkylation sites (tertiary alicyclic amines) is 1. The van der Waals surface area contributed by atoms with Crippen LogP contribution in [0.15, 0.2) is 24.3 Å². The van der Waals surface area contributed by atoms with E-state index in [1.807, 2.05) is 12.1 Å². The quantitative estimate of drug-likeness (QED) is 0.884. The fourth-order valence-electron chi connectivity index (χ4n) is 2.59. The maximum atomic E-state index is 6.01. The maximum Gasteiger partial charge on any atom is 0.0409 e. The van der Waals surface area contributed by atoms with Gasteiger partial charge in [-0.25, -0.2) is 0 Å². The zero-order valence-corrected chi connectivity index (χ0v) is 10.8. The van der Waals surface area contributed by atoms with Crippen molar-refractivity contribution in [3.63, 3.8) is 0 Å². The molecule has 1 saturated carbocycles. The Morgan fingerprint density at radius 3 is 2.88 bits per heavy atom. The summed E-state index contributed by atoms with van der Waals surface area (Å²) in [5.74, 6) is 0. The molecule has 1 N–H and O–H groups in total. The Balaban J connectivity index is 1.52. The van der Waals surface area contributed by atoms with Crippen molar-refractivity contribution >= 4 is 11.6 Å². The Morgan fingerprint density at radius 2 is 2.12 bits per heavy atom. The average Bonchev–Trinajstić information content (AvgIpc) is 2.99. The monoisotopic (exact) mass is 250 g/mol. The van der Waals surface area contributed by atoms with Gasteiger partial charge in [0.05, 0.1) is 0 Å². The van der Waals surface area contributed by atoms with Gasteiger partial charge in [0.1, 0.15) is 0 Å². The molecule has 1 atom stereocenters. The van der Waals surface area contributed by atoms with Crippen molar-refractivity contribution in [2.45, 2.75) is 37.9 Å². The Labute approximate surface area is 108 Å². The molecule has 2 aliphatic rings. The van der Waals surface area contributed by atoms with Crippen molar-refractivity contribution < 1.29 is 0 Å². The summed E-state index contributed by atoms with van der Waals surface area (Å²) in [4.78, 5) is 2.52. The van der Waals surface area contributed by atoms with Gasteiger partial charge in [0.15, 0.2) is 0 Å². The van der Waals surface area contributed by atoms with Gasteiger partial charge in [-0.15, -0.1) is 0 Å². The van der Waals surface area contributed by atoms with E-state index in [4.69, 9.17) is 11.6 Å². The summed E-state index contributed by atoms with van der Waals surface area (Å²) in [6, 6.07) is 9.74. The summed E-state index contributed by atoms with van der Waals surface area (Å²) in [5, 5.41) is 4.55. The summed E-state index contributed by atoms with van der Waals surface area (Å²) >= 11 is 6.01. The molecule has 17 heavy (non-hydrogen) atoms. The van der Waals surface area contributed by atoms with Gasteiger partial charge in [-0.3, -0.25) is 4.90 Å². The van der Waals surface area contributed by atoms with E-state index in [9.17, 15) is 0 Å². The predicted octanol–water partition coefficient (Wildman–Crippen LogP) is 2.67. The van der Waals surface area contributed by atoms with Crippen LogP contribution in [0.5, 0.6) is 0 Å². The van der Waals surface area contributed by atoms with Gasteiger partial charge in [-0.1, -0.05) is 23.7 Å². The van der Waals surface area contributed by atoms with Crippen LogP contribution in [0.3, 0.4) is 0 Å². The van der Waals surface area contributed by atoms with Crippen LogP contribution in [0.4, 0.5) is 0 Å². The first-order valence-electron chi connectivity index (χ1n) is 6.52. The molecule has 0 radical (unpaired) electrons. The molecule has 1 aromatic rings. The van der Waals surface area contributed by atoms with Crippen molar-refractivity contribution in [3.8, 4) is 0 Å². The smallest absolute Gasteiger partial charge is 0.0409 e. The number of hydrogen-bond acceptors (Lipinski definition) is 2. The van der Waals surface area contributed by atoms with Crippen LogP contribution < -0.4 is 5.32 Å². The highest BCUT2D eigenvalue weighted by Crippen LogP contribution is 2.22. The summed E-state index contributed by atoms with van der Waals surface area (Å²) < 4.78 is 0. The highest BCUT2D eigenvalue weighted by molar-refractivity contribution is 6.30. The van der Waals surface area contributed by atoms with Gasteiger partial charge < -0.3 is 5.32 Å². The highest BCUT2D eigenvalue weighted by Gasteiger charge is 2.28. The second-order valence-electron chi connectivity index (χ2n) is 5.29. The van der Waals surface area contributed by atoms with E-state index >= 15 is 0 Å². The van der Waals surface area contributed by atoms with Gasteiger partial charge in [0.2, 0.25) is 0 Å². The molecule has 0 spiro atoms. The lowest BCUT2D eigenvalue weighted by Crippen LogP contribution is -2.33. The topological polar surface area (TPSA) is 15.3 Å². The molecule has 1 aromatic carbocycles. The van der Waals surface area contributed by atoms with E-state index in [1.54, 1.807) is 0 Å². The fourth-order valence-corrected chi connectivity index (χ4v) is 2.80. The second-order valence-corrected chi connectivity index (χ2v) is 5.73. The van der Waals surface area contributed by atoms with Gasteiger partial charge >= 0.3 is 0 Å². The van der Waals surface area contributed by atoms with Crippen LogP contribution in [0.25, 0.3) is 0 Å². The van der Waals surface area contributed by atoms with Gasteiger partial charge in [0, 0.05) is 36.7 Å². The molecule has 3 rings (SSSR count).